The van der Waals surface area contributed by atoms with Crippen molar-refractivity contribution in [3.8, 4) is 17.1 Å². The molecule has 1 aliphatic rings. The molecule has 0 saturated carbocycles. The van der Waals surface area contributed by atoms with Gasteiger partial charge in [-0.2, -0.15) is 13.9 Å². The van der Waals surface area contributed by atoms with Gasteiger partial charge in [0.2, 0.25) is 10.0 Å². The number of piperazine rings is 1. The summed E-state index contributed by atoms with van der Waals surface area (Å²) in [5.41, 5.74) is 2.20. The fourth-order valence-corrected chi connectivity index (χ4v) is 6.01. The number of aromatic amines is 2. The Kier molecular flexibility index (Phi) is 7.11. The van der Waals surface area contributed by atoms with E-state index in [1.807, 2.05) is 20.9 Å². The third-order valence-electron chi connectivity index (χ3n) is 6.47. The number of rotatable bonds is 8. The second kappa shape index (κ2) is 9.92. The Hall–Kier alpha value is -3.02. The maximum absolute atomic E-state index is 13.4. The summed E-state index contributed by atoms with van der Waals surface area (Å²) >= 11 is 0. The number of carbonyl (C=O) groups excluding carboxylic acids is 1. The first-order valence-corrected chi connectivity index (χ1v) is 13.3. The number of hydrogen-bond donors (Lipinski definition) is 1. The summed E-state index contributed by atoms with van der Waals surface area (Å²) in [7, 11) is -1.77. The Labute approximate surface area is 204 Å². The van der Waals surface area contributed by atoms with E-state index in [0.717, 1.165) is 12.7 Å². The minimum absolute atomic E-state index is 0.126. The number of likely N-dealkylation sites (N-methyl/N-ethyl adjacent to an activating group) is 1. The molecular formula is C24H32N5O5S+. The van der Waals surface area contributed by atoms with Crippen molar-refractivity contribution in [2.45, 2.75) is 38.5 Å². The normalized spacial score (nSPS) is 15.5. The highest BCUT2D eigenvalue weighted by atomic mass is 32.2. The molecule has 35 heavy (non-hydrogen) atoms. The second-order valence-electron chi connectivity index (χ2n) is 8.78. The first kappa shape index (κ1) is 25.1. The van der Waals surface area contributed by atoms with E-state index in [1.165, 1.54) is 16.4 Å². The monoisotopic (exact) mass is 502 g/mol. The maximum Gasteiger partial charge on any atom is 0.359 e. The van der Waals surface area contributed by atoms with Gasteiger partial charge in [-0.3, -0.25) is 4.79 Å². The molecule has 0 spiro atoms. The van der Waals surface area contributed by atoms with Crippen LogP contribution in [0.1, 0.15) is 41.9 Å². The minimum Gasteiger partial charge on any atom is -0.493 e. The van der Waals surface area contributed by atoms with E-state index in [0.29, 0.717) is 78.7 Å². The zero-order valence-corrected chi connectivity index (χ0v) is 21.4. The highest BCUT2D eigenvalue weighted by Gasteiger charge is 2.30. The van der Waals surface area contributed by atoms with Crippen LogP contribution in [0.25, 0.3) is 16.9 Å². The summed E-state index contributed by atoms with van der Waals surface area (Å²) in [6.45, 7) is 8.08. The van der Waals surface area contributed by atoms with E-state index < -0.39 is 10.0 Å². The largest absolute Gasteiger partial charge is 0.493 e. The van der Waals surface area contributed by atoms with Gasteiger partial charge >= 0.3 is 11.4 Å². The molecule has 0 unspecified atom stereocenters. The van der Waals surface area contributed by atoms with Gasteiger partial charge in [0, 0.05) is 31.7 Å². The first-order chi connectivity index (χ1) is 16.7. The Morgan fingerprint density at radius 3 is 2.51 bits per heavy atom. The van der Waals surface area contributed by atoms with Gasteiger partial charge in [0.15, 0.2) is 11.8 Å². The number of ether oxygens (including phenoxy) is 1. The SMILES string of the molecule is CCCc1c(C=O)c(C)c2c(=O)[nH]c(-c3cc(S(=O)(=O)N4CCN(C)CC4)ccc3OCC)[nH+]n12. The number of carbonyl (C=O) groups is 1. The molecule has 0 aliphatic carbocycles. The fourth-order valence-electron chi connectivity index (χ4n) is 4.57. The van der Waals surface area contributed by atoms with E-state index in [4.69, 9.17) is 4.74 Å². The molecule has 1 aliphatic heterocycles. The van der Waals surface area contributed by atoms with Crippen molar-refractivity contribution in [1.82, 2.24) is 18.7 Å². The smallest absolute Gasteiger partial charge is 0.359 e. The van der Waals surface area contributed by atoms with Crippen molar-refractivity contribution in [2.75, 3.05) is 39.8 Å². The summed E-state index contributed by atoms with van der Waals surface area (Å²) in [6.07, 6.45) is 2.15. The highest BCUT2D eigenvalue weighted by Crippen LogP contribution is 2.31. The summed E-state index contributed by atoms with van der Waals surface area (Å²) < 4.78 is 35.7. The summed E-state index contributed by atoms with van der Waals surface area (Å²) in [5.74, 6) is 0.735. The molecule has 3 heterocycles. The van der Waals surface area contributed by atoms with Crippen molar-refractivity contribution < 1.29 is 23.0 Å². The molecular weight excluding hydrogens is 470 g/mol. The summed E-state index contributed by atoms with van der Waals surface area (Å²) in [4.78, 5) is 30.0. The fraction of sp³-hybridized carbons (Fsp3) is 0.458. The van der Waals surface area contributed by atoms with Gasteiger partial charge in [-0.1, -0.05) is 13.3 Å². The van der Waals surface area contributed by atoms with Crippen molar-refractivity contribution in [3.63, 3.8) is 0 Å². The third-order valence-corrected chi connectivity index (χ3v) is 8.36. The Balaban J connectivity index is 1.90. The molecule has 1 saturated heterocycles. The number of aryl methyl sites for hydroxylation is 2. The Bertz CT molecular complexity index is 1420. The molecule has 0 bridgehead atoms. The lowest BCUT2D eigenvalue weighted by Gasteiger charge is -2.31. The van der Waals surface area contributed by atoms with Crippen LogP contribution in [-0.4, -0.2) is 73.2 Å². The van der Waals surface area contributed by atoms with Crippen LogP contribution >= 0.6 is 0 Å². The molecule has 10 nitrogen and oxygen atoms in total. The number of benzene rings is 1. The van der Waals surface area contributed by atoms with Crippen LogP contribution in [0.3, 0.4) is 0 Å². The van der Waals surface area contributed by atoms with Crippen LogP contribution in [0, 0.1) is 6.92 Å². The van der Waals surface area contributed by atoms with Crippen LogP contribution in [0.2, 0.25) is 0 Å². The molecule has 1 aromatic carbocycles. The molecule has 11 heteroatoms. The molecule has 188 valence electrons. The highest BCUT2D eigenvalue weighted by molar-refractivity contribution is 7.89. The molecule has 2 aromatic heterocycles. The Morgan fingerprint density at radius 2 is 1.89 bits per heavy atom. The van der Waals surface area contributed by atoms with Gasteiger partial charge in [0.05, 0.1) is 17.2 Å². The molecule has 3 aromatic rings. The van der Waals surface area contributed by atoms with E-state index in [9.17, 15) is 18.0 Å². The van der Waals surface area contributed by atoms with Crippen LogP contribution in [0.4, 0.5) is 0 Å². The van der Waals surface area contributed by atoms with Gasteiger partial charge in [-0.15, -0.1) is 0 Å². The number of aldehydes is 1. The molecule has 0 atom stereocenters. The lowest BCUT2D eigenvalue weighted by molar-refractivity contribution is -0.462. The number of H-pyrrole nitrogens is 2. The first-order valence-electron chi connectivity index (χ1n) is 11.8. The number of aromatic nitrogens is 3. The predicted octanol–water partition coefficient (Wildman–Crippen LogP) is 1.52. The topological polar surface area (TPSA) is 118 Å². The van der Waals surface area contributed by atoms with Crippen LogP contribution < -0.4 is 15.4 Å². The number of fused-ring (bicyclic) bond motifs is 1. The van der Waals surface area contributed by atoms with Crippen molar-refractivity contribution in [3.05, 3.63) is 45.4 Å². The van der Waals surface area contributed by atoms with Gasteiger partial charge in [0.1, 0.15) is 11.3 Å². The minimum atomic E-state index is -3.73. The number of sulfonamides is 1. The van der Waals surface area contributed by atoms with Crippen LogP contribution in [-0.2, 0) is 16.4 Å². The molecule has 4 rings (SSSR count). The van der Waals surface area contributed by atoms with Crippen molar-refractivity contribution in [1.29, 1.82) is 0 Å². The second-order valence-corrected chi connectivity index (χ2v) is 10.7. The van der Waals surface area contributed by atoms with E-state index >= 15 is 0 Å². The average Bonchev–Trinajstić information content (AvgIpc) is 3.11. The van der Waals surface area contributed by atoms with Crippen molar-refractivity contribution >= 4 is 21.8 Å². The molecule has 2 N–H and O–H groups in total. The lowest BCUT2D eigenvalue weighted by atomic mass is 10.1. The predicted molar refractivity (Wildman–Crippen MR) is 132 cm³/mol. The number of nitrogens with one attached hydrogen (secondary N) is 2. The zero-order valence-electron chi connectivity index (χ0n) is 20.6. The van der Waals surface area contributed by atoms with E-state index in [-0.39, 0.29) is 10.5 Å². The van der Waals surface area contributed by atoms with Crippen LogP contribution in [0.15, 0.2) is 27.9 Å². The number of hydrogen-bond acceptors (Lipinski definition) is 6. The molecule has 1 fully saturated rings. The van der Waals surface area contributed by atoms with E-state index in [2.05, 4.69) is 15.0 Å². The quantitative estimate of drug-likeness (QED) is 0.467. The number of nitrogens with zero attached hydrogens (tertiary/aromatic N) is 3. The molecule has 0 radical (unpaired) electrons. The summed E-state index contributed by atoms with van der Waals surface area (Å²) in [5, 5.41) is 3.20. The third kappa shape index (κ3) is 4.51. The zero-order chi connectivity index (χ0) is 25.3. The van der Waals surface area contributed by atoms with E-state index in [1.54, 1.807) is 17.5 Å². The summed E-state index contributed by atoms with van der Waals surface area (Å²) in [6, 6.07) is 4.68. The Morgan fingerprint density at radius 1 is 1.17 bits per heavy atom. The van der Waals surface area contributed by atoms with Crippen molar-refractivity contribution in [2.24, 2.45) is 0 Å². The van der Waals surface area contributed by atoms with Gasteiger partial charge < -0.3 is 9.64 Å². The lowest BCUT2D eigenvalue weighted by Crippen LogP contribution is -2.47. The molecule has 0 amide bonds. The van der Waals surface area contributed by atoms with Gasteiger partial charge in [-0.05, 0) is 51.1 Å². The van der Waals surface area contributed by atoms with Gasteiger partial charge in [0.25, 0.3) is 0 Å². The average molecular weight is 503 g/mol. The standard InChI is InChI=1S/C24H31N5O5S/c1-5-7-20-19(15-30)16(3)22-24(31)25-23(26-29(20)22)18-14-17(8-9-21(18)34-6-2)35(32,33)28-12-10-27(4)11-13-28/h8-9,14-15H,5-7,10-13H2,1-4H3,(H,25,26,31)/p+1. The maximum atomic E-state index is 13.4. The van der Waals surface area contributed by atoms with Crippen LogP contribution in [0.5, 0.6) is 5.75 Å². The van der Waals surface area contributed by atoms with Gasteiger partial charge in [-0.25, -0.2) is 18.2 Å².